The predicted octanol–water partition coefficient (Wildman–Crippen LogP) is -3.14. The third-order valence-corrected chi connectivity index (χ3v) is 0.167. The van der Waals surface area contributed by atoms with Crippen LogP contribution in [0.25, 0.3) is 0 Å². The summed E-state index contributed by atoms with van der Waals surface area (Å²) in [6, 6.07) is 0. The Balaban J connectivity index is -0.000000125. The fourth-order valence-electron chi connectivity index (χ4n) is 0. The zero-order valence-electron chi connectivity index (χ0n) is 3.95. The third-order valence-electron chi connectivity index (χ3n) is 0.167. The molecule has 0 saturated carbocycles. The van der Waals surface area contributed by atoms with Crippen molar-refractivity contribution in [3.8, 4) is 0 Å². The Bertz CT molecular complexity index is 80.0. The van der Waals surface area contributed by atoms with Crippen LogP contribution in [-0.4, -0.2) is 11.9 Å². The van der Waals surface area contributed by atoms with Gasteiger partial charge in [0.05, 0.1) is 11.9 Å². The minimum Gasteiger partial charge on any atom is -0.543 e. The van der Waals surface area contributed by atoms with Gasteiger partial charge in [0.15, 0.2) is 0 Å². The van der Waals surface area contributed by atoms with E-state index in [1.165, 1.54) is 0 Å². The summed E-state index contributed by atoms with van der Waals surface area (Å²) in [6.45, 7) is 0. The first-order valence-corrected chi connectivity index (χ1v) is 1.07. The SMILES string of the molecule is O=C([O-])C(=O)[O-].[NH4+].[Pd]. The van der Waals surface area contributed by atoms with Crippen LogP contribution in [0, 0.1) is 0 Å². The Hall–Kier alpha value is -0.438. The van der Waals surface area contributed by atoms with Gasteiger partial charge in [0.25, 0.3) is 0 Å². The van der Waals surface area contributed by atoms with Crippen LogP contribution in [0.5, 0.6) is 0 Å². The number of carboxylic acids is 2. The van der Waals surface area contributed by atoms with Crippen LogP contribution in [-0.2, 0) is 30.0 Å². The van der Waals surface area contributed by atoms with Gasteiger partial charge in [-0.3, -0.25) is 0 Å². The van der Waals surface area contributed by atoms with Crippen LogP contribution >= 0.6 is 0 Å². The quantitative estimate of drug-likeness (QED) is 0.337. The molecular formula is C2H4NO4Pd-. The van der Waals surface area contributed by atoms with Gasteiger partial charge in [-0.05, 0) is 0 Å². The standard InChI is InChI=1S/C2H2O4.H3N.Pd/c3-1(4)2(5)6;;/h(H,3,4)(H,5,6);1H3;/p-1. The van der Waals surface area contributed by atoms with Crippen molar-refractivity contribution in [3.63, 3.8) is 0 Å². The van der Waals surface area contributed by atoms with E-state index in [1.807, 2.05) is 0 Å². The van der Waals surface area contributed by atoms with Crippen LogP contribution < -0.4 is 16.4 Å². The smallest absolute Gasteiger partial charge is 0.0870 e. The van der Waals surface area contributed by atoms with E-state index in [4.69, 9.17) is 19.8 Å². The Morgan fingerprint density at radius 3 is 1.12 bits per heavy atom. The van der Waals surface area contributed by atoms with Crippen LogP contribution in [0.4, 0.5) is 0 Å². The number of carbonyl (C=O) groups excluding carboxylic acids is 2. The van der Waals surface area contributed by atoms with Gasteiger partial charge in [-0.25, -0.2) is 0 Å². The second-order valence-electron chi connectivity index (χ2n) is 0.575. The van der Waals surface area contributed by atoms with Gasteiger partial charge in [-0.15, -0.1) is 0 Å². The Labute approximate surface area is 58.9 Å². The van der Waals surface area contributed by atoms with E-state index in [0.29, 0.717) is 0 Å². The summed E-state index contributed by atoms with van der Waals surface area (Å²) >= 11 is 0. The Kier molecular flexibility index (Phi) is 12.8. The van der Waals surface area contributed by atoms with E-state index < -0.39 is 11.9 Å². The van der Waals surface area contributed by atoms with E-state index in [1.54, 1.807) is 0 Å². The molecule has 0 saturated heterocycles. The molecule has 0 fully saturated rings. The molecule has 8 heavy (non-hydrogen) atoms. The maximum Gasteiger partial charge on any atom is 0.0870 e. The molecule has 4 N–H and O–H groups in total. The molecule has 5 nitrogen and oxygen atoms in total. The molecule has 0 aromatic rings. The van der Waals surface area contributed by atoms with Gasteiger partial charge in [-0.2, -0.15) is 0 Å². The van der Waals surface area contributed by atoms with Crippen LogP contribution in [0.15, 0.2) is 0 Å². The maximum absolute atomic E-state index is 8.93. The molecule has 0 aliphatic carbocycles. The first-order valence-electron chi connectivity index (χ1n) is 1.07. The second kappa shape index (κ2) is 6.56. The molecule has 0 aromatic carbocycles. The van der Waals surface area contributed by atoms with Crippen molar-refractivity contribution in [2.24, 2.45) is 0 Å². The van der Waals surface area contributed by atoms with Crippen molar-refractivity contribution in [1.29, 1.82) is 0 Å². The molecule has 0 radical (unpaired) electrons. The minimum atomic E-state index is -2.19. The van der Waals surface area contributed by atoms with Gasteiger partial charge < -0.3 is 26.0 Å². The normalized spacial score (nSPS) is 5.50. The third kappa shape index (κ3) is 9.12. The zero-order valence-corrected chi connectivity index (χ0v) is 5.50. The largest absolute Gasteiger partial charge is 0.543 e. The average molecular weight is 212 g/mol. The number of hydrogen-bond donors (Lipinski definition) is 1. The van der Waals surface area contributed by atoms with E-state index in [-0.39, 0.29) is 26.6 Å². The molecule has 52 valence electrons. The van der Waals surface area contributed by atoms with Crippen LogP contribution in [0.3, 0.4) is 0 Å². The number of carboxylic acid groups (broad SMARTS) is 2. The number of hydrogen-bond acceptors (Lipinski definition) is 4. The summed E-state index contributed by atoms with van der Waals surface area (Å²) < 4.78 is 0. The molecular weight excluding hydrogens is 208 g/mol. The molecule has 6 heteroatoms. The van der Waals surface area contributed by atoms with Crippen molar-refractivity contribution in [2.45, 2.75) is 0 Å². The minimum absolute atomic E-state index is 0. The monoisotopic (exact) mass is 212 g/mol. The van der Waals surface area contributed by atoms with E-state index in [2.05, 4.69) is 0 Å². The molecule has 0 unspecified atom stereocenters. The topological polar surface area (TPSA) is 117 Å². The first-order chi connectivity index (χ1) is 2.64. The summed E-state index contributed by atoms with van der Waals surface area (Å²) in [4.78, 5) is 17.9. The number of aliphatic carboxylic acids is 2. The zero-order chi connectivity index (χ0) is 5.15. The molecule has 0 aliphatic heterocycles. The number of rotatable bonds is 0. The molecule has 0 heterocycles. The molecule has 0 aliphatic rings. The fraction of sp³-hybridized carbons (Fsp3) is 0. The second-order valence-corrected chi connectivity index (χ2v) is 0.575. The van der Waals surface area contributed by atoms with Crippen LogP contribution in [0.2, 0.25) is 0 Å². The van der Waals surface area contributed by atoms with Gasteiger partial charge in [0.1, 0.15) is 0 Å². The summed E-state index contributed by atoms with van der Waals surface area (Å²) in [6.07, 6.45) is 0. The number of quaternary nitrogens is 1. The van der Waals surface area contributed by atoms with Crippen molar-refractivity contribution in [3.05, 3.63) is 0 Å². The summed E-state index contributed by atoms with van der Waals surface area (Å²) in [5.74, 6) is -4.37. The molecule has 0 amide bonds. The Morgan fingerprint density at radius 2 is 1.12 bits per heavy atom. The summed E-state index contributed by atoms with van der Waals surface area (Å²) in [5.41, 5.74) is 0. The summed E-state index contributed by atoms with van der Waals surface area (Å²) in [7, 11) is 0. The molecule has 0 bridgehead atoms. The summed E-state index contributed by atoms with van der Waals surface area (Å²) in [5, 5.41) is 17.9. The van der Waals surface area contributed by atoms with Crippen LogP contribution in [0.1, 0.15) is 0 Å². The van der Waals surface area contributed by atoms with Crippen molar-refractivity contribution < 1.29 is 40.2 Å². The molecule has 0 spiro atoms. The molecule has 0 aromatic heterocycles. The first kappa shape index (κ1) is 15.6. The average Bonchev–Trinajstić information content (AvgIpc) is 1.36. The number of carbonyl (C=O) groups is 2. The van der Waals surface area contributed by atoms with Gasteiger partial charge >= 0.3 is 0 Å². The predicted molar refractivity (Wildman–Crippen MR) is 16.0 cm³/mol. The van der Waals surface area contributed by atoms with E-state index in [0.717, 1.165) is 0 Å². The van der Waals surface area contributed by atoms with E-state index in [9.17, 15) is 0 Å². The fourth-order valence-corrected chi connectivity index (χ4v) is 0. The van der Waals surface area contributed by atoms with Gasteiger partial charge in [0, 0.05) is 20.4 Å². The maximum atomic E-state index is 8.93. The van der Waals surface area contributed by atoms with Crippen molar-refractivity contribution >= 4 is 11.9 Å². The molecule has 0 rings (SSSR count). The van der Waals surface area contributed by atoms with Crippen molar-refractivity contribution in [2.75, 3.05) is 0 Å². The van der Waals surface area contributed by atoms with Gasteiger partial charge in [0.2, 0.25) is 0 Å². The molecule has 0 atom stereocenters. The van der Waals surface area contributed by atoms with Gasteiger partial charge in [-0.1, -0.05) is 0 Å². The Morgan fingerprint density at radius 1 is 1.00 bits per heavy atom. The van der Waals surface area contributed by atoms with E-state index >= 15 is 0 Å². The van der Waals surface area contributed by atoms with Crippen molar-refractivity contribution in [1.82, 2.24) is 6.15 Å².